The van der Waals surface area contributed by atoms with Gasteiger partial charge in [0.15, 0.2) is 5.60 Å². The van der Waals surface area contributed by atoms with Crippen molar-refractivity contribution in [3.05, 3.63) is 29.6 Å². The van der Waals surface area contributed by atoms with Gasteiger partial charge in [0, 0.05) is 38.9 Å². The van der Waals surface area contributed by atoms with Gasteiger partial charge in [0.05, 0.1) is 13.7 Å². The third-order valence-electron chi connectivity index (χ3n) is 4.22. The minimum absolute atomic E-state index is 0.113. The maximum absolute atomic E-state index is 14.0. The molecule has 1 aliphatic rings. The second-order valence-electron chi connectivity index (χ2n) is 5.99. The lowest BCUT2D eigenvalue weighted by atomic mass is 9.91. The summed E-state index contributed by atoms with van der Waals surface area (Å²) in [6.07, 6.45) is 1.06. The molecular weight excluding hydrogens is 315 g/mol. The number of hydrogen-bond donors (Lipinski definition) is 2. The number of halogens is 1. The highest BCUT2D eigenvalue weighted by molar-refractivity contribution is 5.86. The van der Waals surface area contributed by atoms with Gasteiger partial charge in [-0.15, -0.1) is 0 Å². The Morgan fingerprint density at radius 2 is 2.21 bits per heavy atom. The fraction of sp³-hybridized carbons (Fsp3) is 0.588. The lowest BCUT2D eigenvalue weighted by Gasteiger charge is -2.38. The first kappa shape index (κ1) is 18.6. The summed E-state index contributed by atoms with van der Waals surface area (Å²) in [7, 11) is 3.10. The van der Waals surface area contributed by atoms with Gasteiger partial charge in [-0.2, -0.15) is 0 Å². The Balaban J connectivity index is 2.04. The van der Waals surface area contributed by atoms with Crippen LogP contribution in [0.25, 0.3) is 0 Å². The summed E-state index contributed by atoms with van der Waals surface area (Å²) in [5.74, 6) is -0.232. The third-order valence-corrected chi connectivity index (χ3v) is 4.22. The molecular formula is C17H25FN2O4. The molecule has 0 spiro atoms. The van der Waals surface area contributed by atoms with Gasteiger partial charge in [0.1, 0.15) is 11.6 Å². The van der Waals surface area contributed by atoms with Crippen molar-refractivity contribution >= 4 is 5.91 Å². The molecule has 1 saturated heterocycles. The van der Waals surface area contributed by atoms with Crippen LogP contribution in [0, 0.1) is 5.82 Å². The van der Waals surface area contributed by atoms with Crippen molar-refractivity contribution in [1.29, 1.82) is 0 Å². The minimum Gasteiger partial charge on any atom is -0.497 e. The average molecular weight is 340 g/mol. The van der Waals surface area contributed by atoms with Crippen LogP contribution in [0.3, 0.4) is 0 Å². The van der Waals surface area contributed by atoms with Gasteiger partial charge in [0.25, 0.3) is 5.91 Å². The second kappa shape index (κ2) is 8.41. The molecule has 1 fully saturated rings. The van der Waals surface area contributed by atoms with Crippen molar-refractivity contribution in [3.63, 3.8) is 0 Å². The molecule has 0 saturated carbocycles. The number of benzene rings is 1. The maximum Gasteiger partial charge on any atom is 0.256 e. The molecule has 1 aliphatic heterocycles. The average Bonchev–Trinajstić information content (AvgIpc) is 2.58. The lowest BCUT2D eigenvalue weighted by Crippen LogP contribution is -2.58. The van der Waals surface area contributed by atoms with Crippen LogP contribution in [0.5, 0.6) is 5.75 Å². The van der Waals surface area contributed by atoms with E-state index >= 15 is 0 Å². The van der Waals surface area contributed by atoms with Crippen molar-refractivity contribution in [2.24, 2.45) is 0 Å². The molecule has 6 nitrogen and oxygen atoms in total. The van der Waals surface area contributed by atoms with Crippen LogP contribution in [-0.4, -0.2) is 62.0 Å². The zero-order valence-electron chi connectivity index (χ0n) is 14.2. The quantitative estimate of drug-likeness (QED) is 0.689. The molecule has 0 aliphatic carbocycles. The third kappa shape index (κ3) is 4.43. The van der Waals surface area contributed by atoms with Crippen molar-refractivity contribution in [2.75, 3.05) is 40.5 Å². The van der Waals surface area contributed by atoms with E-state index in [0.717, 1.165) is 0 Å². The molecule has 0 bridgehead atoms. The monoisotopic (exact) mass is 340 g/mol. The Labute approximate surface area is 141 Å². The number of aliphatic hydroxyl groups is 1. The van der Waals surface area contributed by atoms with Crippen molar-refractivity contribution in [2.45, 2.75) is 25.0 Å². The number of piperidine rings is 1. The van der Waals surface area contributed by atoms with E-state index in [1.54, 1.807) is 13.2 Å². The van der Waals surface area contributed by atoms with Gasteiger partial charge in [-0.3, -0.25) is 4.79 Å². The lowest BCUT2D eigenvalue weighted by molar-refractivity contribution is -0.157. The first-order chi connectivity index (χ1) is 11.5. The molecule has 1 atom stereocenters. The molecule has 1 aromatic rings. The Hall–Kier alpha value is -1.70. The normalized spacial score (nSPS) is 21.2. The van der Waals surface area contributed by atoms with E-state index < -0.39 is 11.4 Å². The molecule has 1 aromatic carbocycles. The van der Waals surface area contributed by atoms with E-state index in [4.69, 9.17) is 9.47 Å². The number of carbonyl (C=O) groups excluding carboxylic acids is 1. The van der Waals surface area contributed by atoms with Crippen LogP contribution in [-0.2, 0) is 16.1 Å². The fourth-order valence-electron chi connectivity index (χ4n) is 2.85. The van der Waals surface area contributed by atoms with Gasteiger partial charge in [-0.25, -0.2) is 4.39 Å². The van der Waals surface area contributed by atoms with E-state index in [1.165, 1.54) is 24.1 Å². The summed E-state index contributed by atoms with van der Waals surface area (Å²) < 4.78 is 24.0. The first-order valence-electron chi connectivity index (χ1n) is 8.04. The number of nitrogens with zero attached hydrogens (tertiary/aromatic N) is 1. The summed E-state index contributed by atoms with van der Waals surface area (Å²) in [6.45, 7) is 1.82. The zero-order chi connectivity index (χ0) is 17.6. The zero-order valence-corrected chi connectivity index (χ0v) is 14.2. The van der Waals surface area contributed by atoms with Crippen LogP contribution < -0.4 is 10.1 Å². The Bertz CT molecular complexity index is 570. The number of amides is 1. The number of nitrogens with one attached hydrogen (secondary N) is 1. The van der Waals surface area contributed by atoms with E-state index in [2.05, 4.69) is 5.32 Å². The van der Waals surface area contributed by atoms with E-state index in [9.17, 15) is 14.3 Å². The van der Waals surface area contributed by atoms with Crippen molar-refractivity contribution in [1.82, 2.24) is 10.2 Å². The fourth-order valence-corrected chi connectivity index (χ4v) is 2.85. The molecule has 134 valence electrons. The van der Waals surface area contributed by atoms with Crippen LogP contribution in [0.2, 0.25) is 0 Å². The first-order valence-corrected chi connectivity index (χ1v) is 8.04. The molecule has 0 aromatic heterocycles. The predicted octanol–water partition coefficient (Wildman–Crippen LogP) is 0.924. The molecule has 24 heavy (non-hydrogen) atoms. The van der Waals surface area contributed by atoms with E-state index in [1.807, 2.05) is 0 Å². The number of methoxy groups -OCH3 is 2. The number of hydrogen-bond acceptors (Lipinski definition) is 5. The summed E-state index contributed by atoms with van der Waals surface area (Å²) in [5.41, 5.74) is -1.08. The van der Waals surface area contributed by atoms with Crippen LogP contribution in [0.4, 0.5) is 4.39 Å². The number of ether oxygens (including phenoxy) is 2. The highest BCUT2D eigenvalue weighted by Crippen LogP contribution is 2.25. The standard InChI is InChI=1S/C17H25FN2O4/c1-23-9-7-19-12-17(22)6-3-8-20(16(17)21)11-13-10-14(24-2)4-5-15(13)18/h4-5,10,19,22H,3,6-9,11-12H2,1-2H3/t17-/m0/s1. The topological polar surface area (TPSA) is 71.0 Å². The minimum atomic E-state index is -1.46. The van der Waals surface area contributed by atoms with Crippen molar-refractivity contribution < 1.29 is 23.8 Å². The van der Waals surface area contributed by atoms with Crippen molar-refractivity contribution in [3.8, 4) is 5.75 Å². The second-order valence-corrected chi connectivity index (χ2v) is 5.99. The van der Waals surface area contributed by atoms with E-state index in [-0.39, 0.29) is 19.0 Å². The SMILES string of the molecule is COCCNC[C@@]1(O)CCCN(Cc2cc(OC)ccc2F)C1=O. The number of carbonyl (C=O) groups is 1. The number of likely N-dealkylation sites (tertiary alicyclic amines) is 1. The van der Waals surface area contributed by atoms with Gasteiger partial charge in [-0.05, 0) is 31.0 Å². The molecule has 1 heterocycles. The molecule has 7 heteroatoms. The largest absolute Gasteiger partial charge is 0.497 e. The smallest absolute Gasteiger partial charge is 0.256 e. The Kier molecular flexibility index (Phi) is 6.53. The van der Waals surface area contributed by atoms with Gasteiger partial charge >= 0.3 is 0 Å². The molecule has 0 unspecified atom stereocenters. The van der Waals surface area contributed by atoms with Crippen LogP contribution in [0.1, 0.15) is 18.4 Å². The Morgan fingerprint density at radius 1 is 1.42 bits per heavy atom. The maximum atomic E-state index is 14.0. The highest BCUT2D eigenvalue weighted by Gasteiger charge is 2.41. The molecule has 0 radical (unpaired) electrons. The summed E-state index contributed by atoms with van der Waals surface area (Å²) in [6, 6.07) is 4.43. The predicted molar refractivity (Wildman–Crippen MR) is 87.3 cm³/mol. The van der Waals surface area contributed by atoms with Gasteiger partial charge in [0.2, 0.25) is 0 Å². The van der Waals surface area contributed by atoms with Gasteiger partial charge in [-0.1, -0.05) is 0 Å². The van der Waals surface area contributed by atoms with E-state index in [0.29, 0.717) is 43.9 Å². The number of rotatable bonds is 8. The van der Waals surface area contributed by atoms with Gasteiger partial charge < -0.3 is 24.8 Å². The summed E-state index contributed by atoms with van der Waals surface area (Å²) in [5, 5.41) is 13.7. The Morgan fingerprint density at radius 3 is 2.92 bits per heavy atom. The molecule has 2 rings (SSSR count). The summed E-state index contributed by atoms with van der Waals surface area (Å²) in [4.78, 5) is 14.1. The molecule has 1 amide bonds. The summed E-state index contributed by atoms with van der Waals surface area (Å²) >= 11 is 0. The molecule has 2 N–H and O–H groups in total. The van der Waals surface area contributed by atoms with Crippen LogP contribution in [0.15, 0.2) is 18.2 Å². The van der Waals surface area contributed by atoms with Crippen LogP contribution >= 0.6 is 0 Å². The highest BCUT2D eigenvalue weighted by atomic mass is 19.1.